The number of rotatable bonds is 6. The molecule has 0 aromatic heterocycles. The van der Waals surface area contributed by atoms with Gasteiger partial charge >= 0.3 is 6.03 Å². The molecule has 1 aliphatic rings. The summed E-state index contributed by atoms with van der Waals surface area (Å²) in [5.41, 5.74) is 8.52. The van der Waals surface area contributed by atoms with Gasteiger partial charge < -0.3 is 16.4 Å². The predicted molar refractivity (Wildman–Crippen MR) is 103 cm³/mol. The van der Waals surface area contributed by atoms with Gasteiger partial charge in [-0.05, 0) is 49.5 Å². The number of fused-ring (bicyclic) bond motifs is 1. The summed E-state index contributed by atoms with van der Waals surface area (Å²) in [6, 6.07) is 5.04. The Morgan fingerprint density at radius 1 is 1.42 bits per heavy atom. The average molecular weight is 373 g/mol. The van der Waals surface area contributed by atoms with Crippen LogP contribution in [0.3, 0.4) is 0 Å². The van der Waals surface area contributed by atoms with Crippen LogP contribution >= 0.6 is 24.2 Å². The van der Waals surface area contributed by atoms with E-state index in [2.05, 4.69) is 10.6 Å². The van der Waals surface area contributed by atoms with Crippen molar-refractivity contribution in [2.75, 3.05) is 35.3 Å². The topological polar surface area (TPSA) is 87.5 Å². The Hall–Kier alpha value is -1.44. The van der Waals surface area contributed by atoms with E-state index in [1.165, 1.54) is 0 Å². The number of thioether (sulfide) groups is 1. The summed E-state index contributed by atoms with van der Waals surface area (Å²) >= 11 is 1.67. The van der Waals surface area contributed by atoms with Crippen LogP contribution in [0.5, 0.6) is 0 Å². The molecule has 6 nitrogen and oxygen atoms in total. The molecule has 8 heteroatoms. The van der Waals surface area contributed by atoms with Crippen LogP contribution in [0, 0.1) is 0 Å². The minimum Gasteiger partial charge on any atom is -0.338 e. The Morgan fingerprint density at radius 3 is 2.83 bits per heavy atom. The first-order chi connectivity index (χ1) is 11.1. The number of anilines is 2. The zero-order valence-electron chi connectivity index (χ0n) is 14.0. The van der Waals surface area contributed by atoms with Crippen LogP contribution in [0.4, 0.5) is 16.2 Å². The van der Waals surface area contributed by atoms with Crippen molar-refractivity contribution in [1.29, 1.82) is 0 Å². The smallest absolute Gasteiger partial charge is 0.321 e. The third-order valence-electron chi connectivity index (χ3n) is 3.79. The molecule has 3 amide bonds. The lowest BCUT2D eigenvalue weighted by atomic mass is 10.1. The number of carbonyl (C=O) groups excluding carboxylic acids is 2. The number of halogens is 1. The van der Waals surface area contributed by atoms with Gasteiger partial charge in [0.2, 0.25) is 5.91 Å². The largest absolute Gasteiger partial charge is 0.338 e. The molecule has 0 saturated heterocycles. The number of nitrogens with one attached hydrogen (secondary N) is 2. The van der Waals surface area contributed by atoms with E-state index in [0.717, 1.165) is 23.4 Å². The lowest BCUT2D eigenvalue weighted by Gasteiger charge is -2.18. The van der Waals surface area contributed by atoms with Gasteiger partial charge in [0.25, 0.3) is 0 Å². The molecule has 24 heavy (non-hydrogen) atoms. The zero-order valence-corrected chi connectivity index (χ0v) is 15.6. The molecule has 1 atom stereocenters. The van der Waals surface area contributed by atoms with E-state index in [1.807, 2.05) is 31.4 Å². The van der Waals surface area contributed by atoms with Gasteiger partial charge in [-0.15, -0.1) is 12.4 Å². The fraction of sp³-hybridized carbons (Fsp3) is 0.500. The second-order valence-electron chi connectivity index (χ2n) is 5.46. The number of carbonyl (C=O) groups is 2. The quantitative estimate of drug-likeness (QED) is 0.714. The second kappa shape index (κ2) is 9.76. The van der Waals surface area contributed by atoms with Gasteiger partial charge in [-0.2, -0.15) is 11.8 Å². The minimum absolute atomic E-state index is 0. The number of amides is 3. The summed E-state index contributed by atoms with van der Waals surface area (Å²) in [6.45, 7) is 3.14. The Labute approximate surface area is 153 Å². The number of nitrogens with zero attached hydrogens (tertiary/aromatic N) is 1. The Kier molecular flexibility index (Phi) is 8.38. The van der Waals surface area contributed by atoms with Crippen molar-refractivity contribution in [3.8, 4) is 0 Å². The molecule has 0 spiro atoms. The van der Waals surface area contributed by atoms with Crippen LogP contribution in [0.2, 0.25) is 0 Å². The summed E-state index contributed by atoms with van der Waals surface area (Å²) in [4.78, 5) is 25.9. The third kappa shape index (κ3) is 5.03. The third-order valence-corrected chi connectivity index (χ3v) is 4.44. The van der Waals surface area contributed by atoms with Crippen molar-refractivity contribution >= 4 is 47.5 Å². The van der Waals surface area contributed by atoms with Crippen LogP contribution in [0.25, 0.3) is 0 Å². The van der Waals surface area contributed by atoms with Crippen molar-refractivity contribution in [1.82, 2.24) is 5.32 Å². The highest BCUT2D eigenvalue weighted by Crippen LogP contribution is 2.30. The molecule has 4 N–H and O–H groups in total. The molecular formula is C16H25ClN4O2S. The highest BCUT2D eigenvalue weighted by molar-refractivity contribution is 7.98. The monoisotopic (exact) mass is 372 g/mol. The minimum atomic E-state index is -0.518. The number of benzene rings is 1. The van der Waals surface area contributed by atoms with Gasteiger partial charge in [-0.1, -0.05) is 6.07 Å². The number of nitrogens with two attached hydrogens (primary N) is 1. The molecule has 2 rings (SSSR count). The Morgan fingerprint density at radius 2 is 2.17 bits per heavy atom. The molecule has 134 valence electrons. The first kappa shape index (κ1) is 20.6. The molecule has 1 aliphatic heterocycles. The highest BCUT2D eigenvalue weighted by atomic mass is 35.5. The molecule has 0 aliphatic carbocycles. The Balaban J connectivity index is 0.00000288. The first-order valence-corrected chi connectivity index (χ1v) is 9.19. The summed E-state index contributed by atoms with van der Waals surface area (Å²) in [5, 5.41) is 5.65. The van der Waals surface area contributed by atoms with Crippen molar-refractivity contribution in [3.63, 3.8) is 0 Å². The second-order valence-corrected chi connectivity index (χ2v) is 6.44. The number of hydrogen-bond donors (Lipinski definition) is 3. The van der Waals surface area contributed by atoms with Gasteiger partial charge in [0.05, 0.1) is 11.7 Å². The molecule has 1 heterocycles. The van der Waals surface area contributed by atoms with Crippen molar-refractivity contribution in [3.05, 3.63) is 23.8 Å². The van der Waals surface area contributed by atoms with Gasteiger partial charge in [0, 0.05) is 18.8 Å². The van der Waals surface area contributed by atoms with E-state index in [9.17, 15) is 9.59 Å². The number of urea groups is 1. The number of hydrogen-bond acceptors (Lipinski definition) is 4. The lowest BCUT2D eigenvalue weighted by Crippen LogP contribution is -2.39. The van der Waals surface area contributed by atoms with Crippen molar-refractivity contribution in [2.45, 2.75) is 25.8 Å². The summed E-state index contributed by atoms with van der Waals surface area (Å²) < 4.78 is 0. The SMILES string of the molecule is CCNC(=O)N1CCc2ccc(NC(=O)[C@@H](N)CCSC)cc21.Cl. The van der Waals surface area contributed by atoms with E-state index in [-0.39, 0.29) is 24.3 Å². The zero-order chi connectivity index (χ0) is 16.8. The van der Waals surface area contributed by atoms with Crippen molar-refractivity contribution in [2.24, 2.45) is 5.73 Å². The van der Waals surface area contributed by atoms with Gasteiger partial charge in [-0.25, -0.2) is 4.79 Å². The van der Waals surface area contributed by atoms with Crippen LogP contribution < -0.4 is 21.3 Å². The van der Waals surface area contributed by atoms with Gasteiger partial charge in [-0.3, -0.25) is 9.69 Å². The van der Waals surface area contributed by atoms with Crippen LogP contribution in [0.1, 0.15) is 18.9 Å². The lowest BCUT2D eigenvalue weighted by molar-refractivity contribution is -0.117. The molecule has 0 saturated carbocycles. The molecular weight excluding hydrogens is 348 g/mol. The molecule has 0 bridgehead atoms. The standard InChI is InChI=1S/C16H24N4O2S.ClH/c1-3-18-16(22)20-8-6-11-4-5-12(10-14(11)20)19-15(21)13(17)7-9-23-2;/h4-5,10,13H,3,6-9,17H2,1-2H3,(H,18,22)(H,19,21);1H/t13-;/m0./s1. The average Bonchev–Trinajstić information content (AvgIpc) is 2.96. The fourth-order valence-electron chi connectivity index (χ4n) is 2.53. The molecule has 0 radical (unpaired) electrons. The van der Waals surface area contributed by atoms with Gasteiger partial charge in [0.15, 0.2) is 0 Å². The molecule has 1 aromatic carbocycles. The van der Waals surface area contributed by atoms with Crippen LogP contribution in [-0.2, 0) is 11.2 Å². The van der Waals surface area contributed by atoms with E-state index >= 15 is 0 Å². The Bertz CT molecular complexity index is 585. The van der Waals surface area contributed by atoms with Crippen LogP contribution in [0.15, 0.2) is 18.2 Å². The molecule has 0 unspecified atom stereocenters. The van der Waals surface area contributed by atoms with Crippen molar-refractivity contribution < 1.29 is 9.59 Å². The fourth-order valence-corrected chi connectivity index (χ4v) is 3.02. The maximum atomic E-state index is 12.1. The van der Waals surface area contributed by atoms with E-state index < -0.39 is 6.04 Å². The first-order valence-electron chi connectivity index (χ1n) is 7.80. The van der Waals surface area contributed by atoms with E-state index in [1.54, 1.807) is 16.7 Å². The predicted octanol–water partition coefficient (Wildman–Crippen LogP) is 2.22. The summed E-state index contributed by atoms with van der Waals surface area (Å²) in [7, 11) is 0. The highest BCUT2D eigenvalue weighted by Gasteiger charge is 2.25. The normalized spacial score (nSPS) is 13.7. The maximum absolute atomic E-state index is 12.1. The molecule has 0 fully saturated rings. The van der Waals surface area contributed by atoms with Gasteiger partial charge in [0.1, 0.15) is 0 Å². The van der Waals surface area contributed by atoms with Crippen LogP contribution in [-0.4, -0.2) is 43.1 Å². The molecule has 1 aromatic rings. The maximum Gasteiger partial charge on any atom is 0.321 e. The van der Waals surface area contributed by atoms with E-state index in [0.29, 0.717) is 25.2 Å². The summed E-state index contributed by atoms with van der Waals surface area (Å²) in [5.74, 6) is 0.658. The van der Waals surface area contributed by atoms with E-state index in [4.69, 9.17) is 5.73 Å². The summed E-state index contributed by atoms with van der Waals surface area (Å²) in [6.07, 6.45) is 3.46.